The number of hydrogen-bond acceptors (Lipinski definition) is 4. The minimum absolute atomic E-state index is 0.00610. The van der Waals surface area contributed by atoms with Crippen LogP contribution >= 0.6 is 0 Å². The second kappa shape index (κ2) is 6.43. The van der Waals surface area contributed by atoms with Crippen molar-refractivity contribution in [2.75, 3.05) is 26.4 Å². The summed E-state index contributed by atoms with van der Waals surface area (Å²) in [7, 11) is 0. The summed E-state index contributed by atoms with van der Waals surface area (Å²) in [5.74, 6) is 0. The minimum atomic E-state index is -0.183. The summed E-state index contributed by atoms with van der Waals surface area (Å²) in [6, 6.07) is 6.01. The largest absolute Gasteiger partial charge is 0.376 e. The highest BCUT2D eigenvalue weighted by atomic mass is 16.6. The number of hydrogen-bond donors (Lipinski definition) is 3. The Hall–Kier alpha value is -1.63. The third-order valence-electron chi connectivity index (χ3n) is 3.73. The molecule has 21 heavy (non-hydrogen) atoms. The molecule has 3 N–H and O–H groups in total. The van der Waals surface area contributed by atoms with Crippen LogP contribution in [0.3, 0.4) is 0 Å². The Morgan fingerprint density at radius 2 is 2.19 bits per heavy atom. The van der Waals surface area contributed by atoms with Crippen molar-refractivity contribution >= 4 is 11.0 Å². The van der Waals surface area contributed by atoms with Crippen LogP contribution in [0.1, 0.15) is 24.9 Å². The van der Waals surface area contributed by atoms with E-state index in [1.165, 1.54) is 0 Å². The van der Waals surface area contributed by atoms with Crippen molar-refractivity contribution in [3.63, 3.8) is 0 Å². The van der Waals surface area contributed by atoms with Gasteiger partial charge in [0, 0.05) is 0 Å². The third kappa shape index (κ3) is 3.18. The summed E-state index contributed by atoms with van der Waals surface area (Å²) in [5.41, 5.74) is 2.55. The summed E-state index contributed by atoms with van der Waals surface area (Å²) in [6.07, 6.45) is 1.04. The Labute approximate surface area is 122 Å². The van der Waals surface area contributed by atoms with E-state index in [2.05, 4.69) is 22.2 Å². The highest BCUT2D eigenvalue weighted by Crippen LogP contribution is 2.24. The molecule has 1 aromatic heterocycles. The molecule has 0 radical (unpaired) electrons. The van der Waals surface area contributed by atoms with Gasteiger partial charge in [-0.3, -0.25) is 0 Å². The first kappa shape index (κ1) is 14.3. The maximum Gasteiger partial charge on any atom is 0.323 e. The van der Waals surface area contributed by atoms with Crippen LogP contribution in [0.15, 0.2) is 23.0 Å². The van der Waals surface area contributed by atoms with Crippen molar-refractivity contribution in [3.8, 4) is 0 Å². The molecule has 0 bridgehead atoms. The van der Waals surface area contributed by atoms with Crippen LogP contribution in [0.2, 0.25) is 0 Å². The van der Waals surface area contributed by atoms with Crippen LogP contribution in [0.4, 0.5) is 0 Å². The number of aromatic nitrogens is 2. The highest BCUT2D eigenvalue weighted by molar-refractivity contribution is 5.75. The van der Waals surface area contributed by atoms with E-state index in [-0.39, 0.29) is 17.8 Å². The van der Waals surface area contributed by atoms with Crippen molar-refractivity contribution in [2.45, 2.75) is 25.5 Å². The molecule has 2 heterocycles. The molecule has 1 aliphatic rings. The van der Waals surface area contributed by atoms with Gasteiger partial charge in [0.05, 0.1) is 36.9 Å². The van der Waals surface area contributed by atoms with Gasteiger partial charge >= 0.3 is 5.69 Å². The van der Waals surface area contributed by atoms with Gasteiger partial charge in [0.15, 0.2) is 0 Å². The molecule has 6 nitrogen and oxygen atoms in total. The first-order valence-corrected chi connectivity index (χ1v) is 7.42. The first-order valence-electron chi connectivity index (χ1n) is 7.42. The van der Waals surface area contributed by atoms with Crippen molar-refractivity contribution in [3.05, 3.63) is 34.2 Å². The number of benzene rings is 1. The summed E-state index contributed by atoms with van der Waals surface area (Å²) in [4.78, 5) is 16.9. The van der Waals surface area contributed by atoms with Crippen molar-refractivity contribution in [2.24, 2.45) is 0 Å². The number of fused-ring (bicyclic) bond motifs is 1. The molecule has 0 saturated carbocycles. The third-order valence-corrected chi connectivity index (χ3v) is 3.73. The second-order valence-electron chi connectivity index (χ2n) is 5.30. The molecule has 0 aliphatic carbocycles. The first-order chi connectivity index (χ1) is 10.3. The lowest BCUT2D eigenvalue weighted by Crippen LogP contribution is -2.40. The number of rotatable bonds is 5. The average molecular weight is 291 g/mol. The summed E-state index contributed by atoms with van der Waals surface area (Å²) in [5, 5.41) is 3.52. The molecule has 2 aromatic rings. The minimum Gasteiger partial charge on any atom is -0.376 e. The number of H-pyrrole nitrogens is 2. The van der Waals surface area contributed by atoms with Crippen LogP contribution in [0.5, 0.6) is 0 Å². The van der Waals surface area contributed by atoms with Crippen molar-refractivity contribution < 1.29 is 9.47 Å². The van der Waals surface area contributed by atoms with Crippen LogP contribution < -0.4 is 11.0 Å². The molecule has 0 spiro atoms. The lowest BCUT2D eigenvalue weighted by atomic mass is 10.0. The number of nitrogens with one attached hydrogen (secondary N) is 3. The quantitative estimate of drug-likeness (QED) is 0.776. The molecule has 2 unspecified atom stereocenters. The summed E-state index contributed by atoms with van der Waals surface area (Å²) < 4.78 is 11.4. The van der Waals surface area contributed by atoms with E-state index in [9.17, 15) is 4.79 Å². The van der Waals surface area contributed by atoms with E-state index < -0.39 is 0 Å². The Balaban J connectivity index is 1.89. The Kier molecular flexibility index (Phi) is 4.38. The van der Waals surface area contributed by atoms with E-state index in [0.717, 1.165) is 29.6 Å². The van der Waals surface area contributed by atoms with E-state index in [1.807, 2.05) is 18.2 Å². The normalized spacial score (nSPS) is 20.7. The fourth-order valence-electron chi connectivity index (χ4n) is 2.71. The zero-order chi connectivity index (χ0) is 14.7. The van der Waals surface area contributed by atoms with Crippen LogP contribution in [-0.4, -0.2) is 42.4 Å². The fraction of sp³-hybridized carbons (Fsp3) is 0.533. The fourth-order valence-corrected chi connectivity index (χ4v) is 2.71. The SMILES string of the molecule is CCCNC(c1ccc2[nH]c(=O)[nH]c2c1)C1COCCO1. The van der Waals surface area contributed by atoms with Crippen molar-refractivity contribution in [1.29, 1.82) is 0 Å². The second-order valence-corrected chi connectivity index (χ2v) is 5.30. The Bertz CT molecular complexity index is 643. The van der Waals surface area contributed by atoms with E-state index in [1.54, 1.807) is 0 Å². The van der Waals surface area contributed by atoms with Gasteiger partial charge in [-0.25, -0.2) is 4.79 Å². The zero-order valence-electron chi connectivity index (χ0n) is 12.1. The molecule has 1 fully saturated rings. The van der Waals surface area contributed by atoms with E-state index in [4.69, 9.17) is 9.47 Å². The van der Waals surface area contributed by atoms with Gasteiger partial charge in [0.25, 0.3) is 0 Å². The lowest BCUT2D eigenvalue weighted by molar-refractivity contribution is -0.102. The average Bonchev–Trinajstić information content (AvgIpc) is 2.88. The van der Waals surface area contributed by atoms with Crippen molar-refractivity contribution in [1.82, 2.24) is 15.3 Å². The monoisotopic (exact) mass is 291 g/mol. The predicted octanol–water partition coefficient (Wildman–Crippen LogP) is 1.31. The number of ether oxygens (including phenoxy) is 2. The standard InChI is InChI=1S/C15H21N3O3/c1-2-5-16-14(13-9-20-6-7-21-13)10-3-4-11-12(8-10)18-15(19)17-11/h3-4,8,13-14,16H,2,5-7,9H2,1H3,(H2,17,18,19). The summed E-state index contributed by atoms with van der Waals surface area (Å²) >= 11 is 0. The van der Waals surface area contributed by atoms with E-state index >= 15 is 0 Å². The smallest absolute Gasteiger partial charge is 0.323 e. The van der Waals surface area contributed by atoms with Gasteiger partial charge in [-0.15, -0.1) is 0 Å². The van der Waals surface area contributed by atoms with Crippen LogP contribution in [0.25, 0.3) is 11.0 Å². The molecule has 0 amide bonds. The van der Waals surface area contributed by atoms with Gasteiger partial charge < -0.3 is 24.8 Å². The number of aromatic amines is 2. The number of imidazole rings is 1. The molecule has 2 atom stereocenters. The Morgan fingerprint density at radius 1 is 1.33 bits per heavy atom. The summed E-state index contributed by atoms with van der Waals surface area (Å²) in [6.45, 7) is 4.91. The predicted molar refractivity (Wildman–Crippen MR) is 80.5 cm³/mol. The molecule has 1 aromatic carbocycles. The Morgan fingerprint density at radius 3 is 2.95 bits per heavy atom. The molecule has 1 saturated heterocycles. The van der Waals surface area contributed by atoms with Gasteiger partial charge in [-0.2, -0.15) is 0 Å². The molecule has 3 rings (SSSR count). The van der Waals surface area contributed by atoms with E-state index in [0.29, 0.717) is 19.8 Å². The van der Waals surface area contributed by atoms with Crippen LogP contribution in [-0.2, 0) is 9.47 Å². The molecular weight excluding hydrogens is 270 g/mol. The lowest BCUT2D eigenvalue weighted by Gasteiger charge is -2.31. The van der Waals surface area contributed by atoms with Crippen LogP contribution in [0, 0.1) is 0 Å². The van der Waals surface area contributed by atoms with Gasteiger partial charge in [-0.1, -0.05) is 13.0 Å². The zero-order valence-corrected chi connectivity index (χ0v) is 12.1. The molecular formula is C15H21N3O3. The van der Waals surface area contributed by atoms with Gasteiger partial charge in [0.2, 0.25) is 0 Å². The molecule has 6 heteroatoms. The maximum atomic E-state index is 11.4. The highest BCUT2D eigenvalue weighted by Gasteiger charge is 2.26. The van der Waals surface area contributed by atoms with Gasteiger partial charge in [0.1, 0.15) is 6.10 Å². The molecule has 1 aliphatic heterocycles. The van der Waals surface area contributed by atoms with Gasteiger partial charge in [-0.05, 0) is 30.7 Å². The topological polar surface area (TPSA) is 79.1 Å². The molecule has 114 valence electrons. The maximum absolute atomic E-state index is 11.4.